The molecule has 0 spiro atoms. The zero-order chi connectivity index (χ0) is 7.40. The number of hydrogen-bond acceptors (Lipinski definition) is 1. The van der Waals surface area contributed by atoms with E-state index in [1.54, 1.807) is 0 Å². The first-order valence-corrected chi connectivity index (χ1v) is 4.10. The number of halogens is 1. The second-order valence-electron chi connectivity index (χ2n) is 2.91. The van der Waals surface area contributed by atoms with Crippen LogP contribution in [-0.2, 0) is 4.74 Å². The third-order valence-corrected chi connectivity index (χ3v) is 2.06. The highest BCUT2D eigenvalue weighted by Crippen LogP contribution is 2.26. The van der Waals surface area contributed by atoms with Gasteiger partial charge in [-0.15, -0.1) is 0 Å². The SMILES string of the molecule is CCCCC1CCOC1F. The molecule has 0 aromatic rings. The Balaban J connectivity index is 2.14. The summed E-state index contributed by atoms with van der Waals surface area (Å²) in [4.78, 5) is 0. The van der Waals surface area contributed by atoms with Gasteiger partial charge in [0.25, 0.3) is 0 Å². The summed E-state index contributed by atoms with van der Waals surface area (Å²) in [5.41, 5.74) is 0. The van der Waals surface area contributed by atoms with Crippen LogP contribution < -0.4 is 0 Å². The van der Waals surface area contributed by atoms with Crippen LogP contribution in [0.15, 0.2) is 0 Å². The second-order valence-corrected chi connectivity index (χ2v) is 2.91. The number of unbranched alkanes of at least 4 members (excludes halogenated alkanes) is 1. The Labute approximate surface area is 61.6 Å². The number of rotatable bonds is 3. The molecule has 2 heteroatoms. The molecule has 60 valence electrons. The van der Waals surface area contributed by atoms with Crippen molar-refractivity contribution in [3.63, 3.8) is 0 Å². The molecule has 0 saturated carbocycles. The summed E-state index contributed by atoms with van der Waals surface area (Å²) in [5, 5.41) is 0. The van der Waals surface area contributed by atoms with E-state index in [0.717, 1.165) is 25.7 Å². The van der Waals surface area contributed by atoms with E-state index in [1.807, 2.05) is 0 Å². The predicted octanol–water partition coefficient (Wildman–Crippen LogP) is 2.51. The van der Waals surface area contributed by atoms with Crippen LogP contribution in [0.3, 0.4) is 0 Å². The average molecular weight is 146 g/mol. The van der Waals surface area contributed by atoms with Crippen molar-refractivity contribution in [1.82, 2.24) is 0 Å². The van der Waals surface area contributed by atoms with Gasteiger partial charge in [0, 0.05) is 5.92 Å². The molecule has 0 aromatic carbocycles. The summed E-state index contributed by atoms with van der Waals surface area (Å²) in [6, 6.07) is 0. The summed E-state index contributed by atoms with van der Waals surface area (Å²) in [5.74, 6) is 0.194. The van der Waals surface area contributed by atoms with Gasteiger partial charge in [-0.05, 0) is 12.8 Å². The molecule has 2 unspecified atom stereocenters. The van der Waals surface area contributed by atoms with Gasteiger partial charge in [-0.3, -0.25) is 0 Å². The molecule has 2 atom stereocenters. The maximum atomic E-state index is 12.7. The molecule has 1 heterocycles. The Kier molecular flexibility index (Phi) is 3.13. The highest BCUT2D eigenvalue weighted by molar-refractivity contribution is 4.67. The van der Waals surface area contributed by atoms with Gasteiger partial charge in [-0.1, -0.05) is 19.8 Å². The van der Waals surface area contributed by atoms with E-state index < -0.39 is 6.36 Å². The van der Waals surface area contributed by atoms with Crippen LogP contribution in [0.25, 0.3) is 0 Å². The fourth-order valence-corrected chi connectivity index (χ4v) is 1.34. The zero-order valence-corrected chi connectivity index (χ0v) is 6.48. The van der Waals surface area contributed by atoms with Gasteiger partial charge in [0.05, 0.1) is 6.61 Å². The number of ether oxygens (including phenoxy) is 1. The van der Waals surface area contributed by atoms with E-state index in [1.165, 1.54) is 0 Å². The lowest BCUT2D eigenvalue weighted by molar-refractivity contribution is -0.0164. The smallest absolute Gasteiger partial charge is 0.201 e. The summed E-state index contributed by atoms with van der Waals surface area (Å²) in [7, 11) is 0. The maximum absolute atomic E-state index is 12.7. The van der Waals surface area contributed by atoms with Crippen LogP contribution in [0.4, 0.5) is 4.39 Å². The summed E-state index contributed by atoms with van der Waals surface area (Å²) >= 11 is 0. The largest absolute Gasteiger partial charge is 0.348 e. The molecule has 1 aliphatic heterocycles. The molecule has 1 aliphatic rings. The molecule has 1 rings (SSSR count). The van der Waals surface area contributed by atoms with Crippen molar-refractivity contribution < 1.29 is 9.13 Å². The molecular weight excluding hydrogens is 131 g/mol. The van der Waals surface area contributed by atoms with Crippen LogP contribution in [0.5, 0.6) is 0 Å². The third-order valence-electron chi connectivity index (χ3n) is 2.06. The lowest BCUT2D eigenvalue weighted by Crippen LogP contribution is -2.08. The molecule has 1 nitrogen and oxygen atoms in total. The minimum Gasteiger partial charge on any atom is -0.348 e. The van der Waals surface area contributed by atoms with Crippen molar-refractivity contribution in [2.45, 2.75) is 39.0 Å². The Morgan fingerprint density at radius 3 is 2.90 bits per heavy atom. The molecule has 0 amide bonds. The average Bonchev–Trinajstić information content (AvgIpc) is 2.31. The first kappa shape index (κ1) is 7.99. The van der Waals surface area contributed by atoms with Crippen LogP contribution in [0, 0.1) is 5.92 Å². The fourth-order valence-electron chi connectivity index (χ4n) is 1.34. The Bertz CT molecular complexity index is 95.3. The van der Waals surface area contributed by atoms with Crippen LogP contribution in [-0.4, -0.2) is 13.0 Å². The minimum atomic E-state index is -0.966. The first-order chi connectivity index (χ1) is 4.84. The van der Waals surface area contributed by atoms with E-state index >= 15 is 0 Å². The highest BCUT2D eigenvalue weighted by Gasteiger charge is 2.26. The van der Waals surface area contributed by atoms with Crippen LogP contribution >= 0.6 is 0 Å². The summed E-state index contributed by atoms with van der Waals surface area (Å²) in [6.45, 7) is 2.75. The third kappa shape index (κ3) is 1.94. The van der Waals surface area contributed by atoms with Gasteiger partial charge in [0.2, 0.25) is 6.36 Å². The number of hydrogen-bond donors (Lipinski definition) is 0. The van der Waals surface area contributed by atoms with Gasteiger partial charge in [0.1, 0.15) is 0 Å². The lowest BCUT2D eigenvalue weighted by atomic mass is 10.0. The summed E-state index contributed by atoms with van der Waals surface area (Å²) < 4.78 is 17.5. The monoisotopic (exact) mass is 146 g/mol. The molecule has 0 bridgehead atoms. The van der Waals surface area contributed by atoms with Crippen molar-refractivity contribution in [2.24, 2.45) is 5.92 Å². The molecule has 0 N–H and O–H groups in total. The van der Waals surface area contributed by atoms with Crippen molar-refractivity contribution in [1.29, 1.82) is 0 Å². The van der Waals surface area contributed by atoms with E-state index in [9.17, 15) is 4.39 Å². The Morgan fingerprint density at radius 1 is 1.60 bits per heavy atom. The first-order valence-electron chi connectivity index (χ1n) is 4.10. The molecule has 0 aromatic heterocycles. The van der Waals surface area contributed by atoms with Gasteiger partial charge in [-0.25, -0.2) is 4.39 Å². The molecule has 0 radical (unpaired) electrons. The van der Waals surface area contributed by atoms with Crippen LogP contribution in [0.1, 0.15) is 32.6 Å². The minimum absolute atomic E-state index is 0.194. The number of alkyl halides is 1. The van der Waals surface area contributed by atoms with E-state index in [4.69, 9.17) is 4.74 Å². The van der Waals surface area contributed by atoms with Crippen molar-refractivity contribution in [3.05, 3.63) is 0 Å². The summed E-state index contributed by atoms with van der Waals surface area (Å²) in [6.07, 6.45) is 3.24. The fraction of sp³-hybridized carbons (Fsp3) is 1.00. The standard InChI is InChI=1S/C8H15FO/c1-2-3-4-7-5-6-10-8(7)9/h7-8H,2-6H2,1H3. The zero-order valence-electron chi connectivity index (χ0n) is 6.48. The molecule has 1 fully saturated rings. The Hall–Kier alpha value is -0.110. The highest BCUT2D eigenvalue weighted by atomic mass is 19.1. The lowest BCUT2D eigenvalue weighted by Gasteiger charge is -2.08. The Morgan fingerprint density at radius 2 is 2.40 bits per heavy atom. The van der Waals surface area contributed by atoms with E-state index in [2.05, 4.69) is 6.92 Å². The second kappa shape index (κ2) is 3.91. The van der Waals surface area contributed by atoms with Crippen LogP contribution in [0.2, 0.25) is 0 Å². The molecule has 10 heavy (non-hydrogen) atoms. The van der Waals surface area contributed by atoms with Crippen molar-refractivity contribution in [2.75, 3.05) is 6.61 Å². The van der Waals surface area contributed by atoms with Gasteiger partial charge >= 0.3 is 0 Å². The van der Waals surface area contributed by atoms with Gasteiger partial charge < -0.3 is 4.74 Å². The van der Waals surface area contributed by atoms with Crippen molar-refractivity contribution >= 4 is 0 Å². The molecule has 0 aliphatic carbocycles. The molecular formula is C8H15FO. The normalized spacial score (nSPS) is 33.0. The van der Waals surface area contributed by atoms with Crippen molar-refractivity contribution in [3.8, 4) is 0 Å². The predicted molar refractivity (Wildman–Crippen MR) is 38.5 cm³/mol. The van der Waals surface area contributed by atoms with Gasteiger partial charge in [-0.2, -0.15) is 0 Å². The maximum Gasteiger partial charge on any atom is 0.201 e. The molecule has 1 saturated heterocycles. The van der Waals surface area contributed by atoms with Gasteiger partial charge in [0.15, 0.2) is 0 Å². The topological polar surface area (TPSA) is 9.23 Å². The van der Waals surface area contributed by atoms with E-state index in [-0.39, 0.29) is 5.92 Å². The van der Waals surface area contributed by atoms with E-state index in [0.29, 0.717) is 6.61 Å². The quantitative estimate of drug-likeness (QED) is 0.594.